The molecule has 0 heterocycles. The van der Waals surface area contributed by atoms with E-state index in [2.05, 4.69) is 55.5 Å². The topological polar surface area (TPSA) is 43.1 Å². The van der Waals surface area contributed by atoms with Crippen molar-refractivity contribution < 1.29 is 4.79 Å². The van der Waals surface area contributed by atoms with Crippen LogP contribution in [0.3, 0.4) is 0 Å². The Balaban J connectivity index is 3.60. The summed E-state index contributed by atoms with van der Waals surface area (Å²) < 4.78 is 0. The molecule has 2 N–H and O–H groups in total. The Morgan fingerprint density at radius 1 is 0.792 bits per heavy atom. The number of nitrogens with two attached hydrogens (primary N) is 1. The summed E-state index contributed by atoms with van der Waals surface area (Å²) in [6.07, 6.45) is 27.5. The molecular formula is C22H37NO. The van der Waals surface area contributed by atoms with Gasteiger partial charge < -0.3 is 5.73 Å². The van der Waals surface area contributed by atoms with Crippen LogP contribution in [0.25, 0.3) is 0 Å². The van der Waals surface area contributed by atoms with Gasteiger partial charge in [-0.25, -0.2) is 0 Å². The van der Waals surface area contributed by atoms with Crippen LogP contribution in [0.15, 0.2) is 48.6 Å². The maximum atomic E-state index is 11.2. The van der Waals surface area contributed by atoms with Crippen LogP contribution < -0.4 is 5.73 Å². The number of hydrogen-bond donors (Lipinski definition) is 1. The number of rotatable bonds is 14. The van der Waals surface area contributed by atoms with Crippen molar-refractivity contribution >= 4 is 5.91 Å². The monoisotopic (exact) mass is 331 g/mol. The van der Waals surface area contributed by atoms with Crippen LogP contribution in [0.4, 0.5) is 0 Å². The highest BCUT2D eigenvalue weighted by Gasteiger charge is 2.23. The molecule has 0 aliphatic carbocycles. The van der Waals surface area contributed by atoms with Crippen molar-refractivity contribution in [2.24, 2.45) is 11.1 Å². The lowest BCUT2D eigenvalue weighted by Crippen LogP contribution is -2.31. The minimum Gasteiger partial charge on any atom is -0.369 e. The molecule has 0 aromatic rings. The molecule has 1 amide bonds. The Bertz CT molecular complexity index is 427. The standard InChI is InChI=1S/C22H37NO/c1-4-5-6-7-8-9-10-11-12-13-14-15-16-17-18-19-20-22(2,3)21(23)24/h8-9,11-12,14-15,17-18H,4-7,10,13,16,19-20H2,1-3H3,(H2,23,24). The van der Waals surface area contributed by atoms with Gasteiger partial charge >= 0.3 is 0 Å². The SMILES string of the molecule is CCCCCC=CCC=CCC=CCC=CCCC(C)(C)C(N)=O. The molecule has 0 saturated carbocycles. The zero-order chi connectivity index (χ0) is 18.1. The van der Waals surface area contributed by atoms with E-state index >= 15 is 0 Å². The summed E-state index contributed by atoms with van der Waals surface area (Å²) in [5.41, 5.74) is 4.94. The molecule has 0 atom stereocenters. The lowest BCUT2D eigenvalue weighted by Gasteiger charge is -2.18. The summed E-state index contributed by atoms with van der Waals surface area (Å²) >= 11 is 0. The van der Waals surface area contributed by atoms with Gasteiger partial charge in [-0.15, -0.1) is 0 Å². The van der Waals surface area contributed by atoms with Gasteiger partial charge in [-0.05, 0) is 44.9 Å². The predicted molar refractivity (Wildman–Crippen MR) is 107 cm³/mol. The van der Waals surface area contributed by atoms with Gasteiger partial charge in [0.15, 0.2) is 0 Å². The number of amides is 1. The van der Waals surface area contributed by atoms with Gasteiger partial charge in [0.25, 0.3) is 0 Å². The first-order chi connectivity index (χ1) is 11.5. The highest BCUT2D eigenvalue weighted by molar-refractivity contribution is 5.79. The van der Waals surface area contributed by atoms with E-state index in [0.717, 1.165) is 32.1 Å². The second-order valence-corrected chi connectivity index (χ2v) is 6.88. The molecule has 0 saturated heterocycles. The van der Waals surface area contributed by atoms with Crippen molar-refractivity contribution in [2.45, 2.75) is 78.6 Å². The molecule has 0 radical (unpaired) electrons. The van der Waals surface area contributed by atoms with Crippen LogP contribution in [0.2, 0.25) is 0 Å². The van der Waals surface area contributed by atoms with E-state index in [-0.39, 0.29) is 5.91 Å². The zero-order valence-corrected chi connectivity index (χ0v) is 16.0. The lowest BCUT2D eigenvalue weighted by molar-refractivity contribution is -0.126. The largest absolute Gasteiger partial charge is 0.369 e. The first-order valence-electron chi connectivity index (χ1n) is 9.40. The van der Waals surface area contributed by atoms with Gasteiger partial charge in [0.05, 0.1) is 0 Å². The maximum Gasteiger partial charge on any atom is 0.223 e. The van der Waals surface area contributed by atoms with E-state index in [9.17, 15) is 4.79 Å². The van der Waals surface area contributed by atoms with Gasteiger partial charge in [-0.2, -0.15) is 0 Å². The summed E-state index contributed by atoms with van der Waals surface area (Å²) in [7, 11) is 0. The van der Waals surface area contributed by atoms with E-state index in [1.807, 2.05) is 13.8 Å². The first kappa shape index (κ1) is 22.4. The first-order valence-corrected chi connectivity index (χ1v) is 9.40. The normalized spacial score (nSPS) is 13.1. The van der Waals surface area contributed by atoms with Gasteiger partial charge in [-0.3, -0.25) is 4.79 Å². The van der Waals surface area contributed by atoms with Crippen LogP contribution >= 0.6 is 0 Å². The Hall–Kier alpha value is -1.57. The summed E-state index contributed by atoms with van der Waals surface area (Å²) in [6.45, 7) is 6.03. The summed E-state index contributed by atoms with van der Waals surface area (Å²) in [5, 5.41) is 0. The number of carbonyl (C=O) groups excluding carboxylic acids is 1. The molecule has 0 aliphatic heterocycles. The third kappa shape index (κ3) is 14.0. The van der Waals surface area contributed by atoms with Gasteiger partial charge in [0, 0.05) is 5.41 Å². The van der Waals surface area contributed by atoms with Gasteiger partial charge in [0.1, 0.15) is 0 Å². The third-order valence-electron chi connectivity index (χ3n) is 4.06. The summed E-state index contributed by atoms with van der Waals surface area (Å²) in [5.74, 6) is -0.224. The molecule has 2 heteroatoms. The average Bonchev–Trinajstić information content (AvgIpc) is 2.54. The van der Waals surface area contributed by atoms with E-state index < -0.39 is 5.41 Å². The molecule has 136 valence electrons. The summed E-state index contributed by atoms with van der Waals surface area (Å²) in [4.78, 5) is 11.2. The van der Waals surface area contributed by atoms with Crippen LogP contribution in [0, 0.1) is 5.41 Å². The van der Waals surface area contributed by atoms with Crippen molar-refractivity contribution in [3.63, 3.8) is 0 Å². The summed E-state index contributed by atoms with van der Waals surface area (Å²) in [6, 6.07) is 0. The molecule has 0 fully saturated rings. The molecule has 0 aliphatic rings. The number of allylic oxidation sites excluding steroid dienone is 8. The zero-order valence-electron chi connectivity index (χ0n) is 16.0. The highest BCUT2D eigenvalue weighted by atomic mass is 16.1. The van der Waals surface area contributed by atoms with Crippen molar-refractivity contribution in [1.82, 2.24) is 0 Å². The van der Waals surface area contributed by atoms with Crippen molar-refractivity contribution in [3.8, 4) is 0 Å². The van der Waals surface area contributed by atoms with Crippen LogP contribution in [-0.4, -0.2) is 5.91 Å². The smallest absolute Gasteiger partial charge is 0.223 e. The fourth-order valence-electron chi connectivity index (χ4n) is 2.13. The van der Waals surface area contributed by atoms with Crippen LogP contribution in [0.1, 0.15) is 78.6 Å². The number of carbonyl (C=O) groups is 1. The van der Waals surface area contributed by atoms with Crippen molar-refractivity contribution in [3.05, 3.63) is 48.6 Å². The Kier molecular flexibility index (Phi) is 14.0. The number of unbranched alkanes of at least 4 members (excludes halogenated alkanes) is 3. The molecule has 0 aromatic heterocycles. The quantitative estimate of drug-likeness (QED) is 0.296. The second-order valence-electron chi connectivity index (χ2n) is 6.88. The van der Waals surface area contributed by atoms with Crippen LogP contribution in [-0.2, 0) is 4.79 Å². The predicted octanol–water partition coefficient (Wildman–Crippen LogP) is 6.25. The number of primary amides is 1. The molecule has 0 spiro atoms. The fraction of sp³-hybridized carbons (Fsp3) is 0.591. The van der Waals surface area contributed by atoms with E-state index in [0.29, 0.717) is 0 Å². The second kappa shape index (κ2) is 15.0. The minimum absolute atomic E-state index is 0.224. The van der Waals surface area contributed by atoms with Crippen molar-refractivity contribution in [1.29, 1.82) is 0 Å². The maximum absolute atomic E-state index is 11.2. The Morgan fingerprint density at radius 2 is 1.25 bits per heavy atom. The Morgan fingerprint density at radius 3 is 1.71 bits per heavy atom. The van der Waals surface area contributed by atoms with Gasteiger partial charge in [-0.1, -0.05) is 82.2 Å². The molecule has 0 aromatic carbocycles. The number of hydrogen-bond acceptors (Lipinski definition) is 1. The molecule has 24 heavy (non-hydrogen) atoms. The molecule has 2 nitrogen and oxygen atoms in total. The molecular weight excluding hydrogens is 294 g/mol. The fourth-order valence-corrected chi connectivity index (χ4v) is 2.13. The van der Waals surface area contributed by atoms with Crippen molar-refractivity contribution in [2.75, 3.05) is 0 Å². The van der Waals surface area contributed by atoms with E-state index in [1.54, 1.807) is 0 Å². The molecule has 0 rings (SSSR count). The van der Waals surface area contributed by atoms with Gasteiger partial charge in [0.2, 0.25) is 5.91 Å². The van der Waals surface area contributed by atoms with Crippen LogP contribution in [0.5, 0.6) is 0 Å². The minimum atomic E-state index is -0.407. The lowest BCUT2D eigenvalue weighted by atomic mass is 9.87. The molecule has 0 bridgehead atoms. The highest BCUT2D eigenvalue weighted by Crippen LogP contribution is 2.21. The van der Waals surface area contributed by atoms with E-state index in [4.69, 9.17) is 5.73 Å². The Labute approximate surface area is 149 Å². The third-order valence-corrected chi connectivity index (χ3v) is 4.06. The average molecular weight is 332 g/mol. The van der Waals surface area contributed by atoms with E-state index in [1.165, 1.54) is 25.7 Å². The molecule has 0 unspecified atom stereocenters.